The summed E-state index contributed by atoms with van der Waals surface area (Å²) in [5, 5.41) is 12.6. The fraction of sp³-hybridized carbons (Fsp3) is 0.188. The molecule has 0 atom stereocenters. The maximum Gasteiger partial charge on any atom is 0.293 e. The molecule has 0 aliphatic heterocycles. The summed E-state index contributed by atoms with van der Waals surface area (Å²) in [7, 11) is 0. The first kappa shape index (κ1) is 15.7. The molecule has 3 rings (SSSR count). The Morgan fingerprint density at radius 2 is 2.00 bits per heavy atom. The van der Waals surface area contributed by atoms with Crippen molar-refractivity contribution in [2.75, 3.05) is 5.32 Å². The molecule has 0 fully saturated rings. The number of rotatable bonds is 4. The highest BCUT2D eigenvalue weighted by molar-refractivity contribution is 7.15. The molecule has 1 amide bonds. The van der Waals surface area contributed by atoms with Crippen LogP contribution in [0.2, 0.25) is 5.02 Å². The number of anilines is 1. The van der Waals surface area contributed by atoms with Crippen LogP contribution in [0.15, 0.2) is 40.8 Å². The van der Waals surface area contributed by atoms with Crippen molar-refractivity contribution in [3.8, 4) is 11.3 Å². The van der Waals surface area contributed by atoms with E-state index in [0.29, 0.717) is 15.9 Å². The first-order valence-corrected chi connectivity index (χ1v) is 8.23. The maximum absolute atomic E-state index is 12.2. The lowest BCUT2D eigenvalue weighted by Gasteiger charge is -2.00. The monoisotopic (exact) mass is 347 g/mol. The van der Waals surface area contributed by atoms with Crippen LogP contribution in [0.3, 0.4) is 0 Å². The Bertz CT molecular complexity index is 841. The van der Waals surface area contributed by atoms with Crippen LogP contribution >= 0.6 is 22.9 Å². The van der Waals surface area contributed by atoms with Gasteiger partial charge in [0.1, 0.15) is 10.8 Å². The van der Waals surface area contributed by atoms with E-state index in [9.17, 15) is 4.79 Å². The van der Waals surface area contributed by atoms with Gasteiger partial charge in [-0.3, -0.25) is 10.1 Å². The molecule has 23 heavy (non-hydrogen) atoms. The minimum atomic E-state index is -0.366. The van der Waals surface area contributed by atoms with Crippen LogP contribution in [0.25, 0.3) is 11.3 Å². The number of aromatic nitrogens is 2. The van der Waals surface area contributed by atoms with Crippen molar-refractivity contribution >= 4 is 34.0 Å². The van der Waals surface area contributed by atoms with Gasteiger partial charge in [0.15, 0.2) is 5.76 Å². The average Bonchev–Trinajstić information content (AvgIpc) is 3.16. The predicted molar refractivity (Wildman–Crippen MR) is 91.1 cm³/mol. The summed E-state index contributed by atoms with van der Waals surface area (Å²) in [5.41, 5.74) is 0.742. The van der Waals surface area contributed by atoms with Crippen molar-refractivity contribution in [1.29, 1.82) is 0 Å². The predicted octanol–water partition coefficient (Wildman–Crippen LogP) is 4.83. The second-order valence-corrected chi connectivity index (χ2v) is 6.61. The Hall–Kier alpha value is -2.18. The number of halogens is 1. The number of hydrogen-bond donors (Lipinski definition) is 1. The molecule has 118 valence electrons. The number of carbonyl (C=O) groups is 1. The molecule has 0 bridgehead atoms. The van der Waals surface area contributed by atoms with E-state index < -0.39 is 0 Å². The van der Waals surface area contributed by atoms with Crippen molar-refractivity contribution in [3.63, 3.8) is 0 Å². The Kier molecular flexibility index (Phi) is 4.45. The van der Waals surface area contributed by atoms with Gasteiger partial charge in [0.2, 0.25) is 5.13 Å². The van der Waals surface area contributed by atoms with Gasteiger partial charge >= 0.3 is 0 Å². The second-order valence-electron chi connectivity index (χ2n) is 5.20. The van der Waals surface area contributed by atoms with Gasteiger partial charge in [0.25, 0.3) is 5.91 Å². The zero-order chi connectivity index (χ0) is 16.4. The summed E-state index contributed by atoms with van der Waals surface area (Å²) in [6.45, 7) is 4.04. The Labute approximate surface area is 142 Å². The number of benzene rings is 1. The normalized spacial score (nSPS) is 11.0. The van der Waals surface area contributed by atoms with Gasteiger partial charge in [-0.25, -0.2) is 0 Å². The van der Waals surface area contributed by atoms with Gasteiger partial charge in [0, 0.05) is 11.5 Å². The smallest absolute Gasteiger partial charge is 0.293 e. The van der Waals surface area contributed by atoms with Crippen molar-refractivity contribution in [2.24, 2.45) is 0 Å². The standard InChI is InChI=1S/C16H14ClN3O2S/c1-9(2)15-19-20-16(23-15)18-14(21)13-8-7-12(22-13)10-5-3-4-6-11(10)17/h3-9H,1-2H3,(H,18,20,21). The third kappa shape index (κ3) is 3.43. The zero-order valence-electron chi connectivity index (χ0n) is 12.5. The molecule has 0 aliphatic rings. The average molecular weight is 348 g/mol. The second kappa shape index (κ2) is 6.52. The molecular formula is C16H14ClN3O2S. The van der Waals surface area contributed by atoms with E-state index in [-0.39, 0.29) is 17.6 Å². The molecule has 0 aliphatic carbocycles. The maximum atomic E-state index is 12.2. The molecule has 2 heterocycles. The van der Waals surface area contributed by atoms with E-state index >= 15 is 0 Å². The molecule has 3 aromatic rings. The van der Waals surface area contributed by atoms with Crippen molar-refractivity contribution in [1.82, 2.24) is 10.2 Å². The van der Waals surface area contributed by atoms with E-state index in [1.807, 2.05) is 32.0 Å². The van der Waals surface area contributed by atoms with Crippen LogP contribution < -0.4 is 5.32 Å². The Morgan fingerprint density at radius 1 is 1.22 bits per heavy atom. The topological polar surface area (TPSA) is 68.0 Å². The molecule has 1 N–H and O–H groups in total. The van der Waals surface area contributed by atoms with Gasteiger partial charge in [-0.15, -0.1) is 10.2 Å². The molecule has 0 spiro atoms. The fourth-order valence-electron chi connectivity index (χ4n) is 1.94. The molecule has 7 heteroatoms. The van der Waals surface area contributed by atoms with Gasteiger partial charge in [0.05, 0.1) is 5.02 Å². The number of carbonyl (C=O) groups excluding carboxylic acids is 1. The quantitative estimate of drug-likeness (QED) is 0.734. The number of hydrogen-bond acceptors (Lipinski definition) is 5. The highest BCUT2D eigenvalue weighted by Crippen LogP contribution is 2.29. The van der Waals surface area contributed by atoms with Crippen LogP contribution in [0.5, 0.6) is 0 Å². The molecule has 1 aromatic carbocycles. The third-order valence-electron chi connectivity index (χ3n) is 3.12. The van der Waals surface area contributed by atoms with E-state index in [0.717, 1.165) is 10.6 Å². The molecule has 0 unspecified atom stereocenters. The minimum Gasteiger partial charge on any atom is -0.451 e. The Balaban J connectivity index is 1.77. The molecule has 0 saturated carbocycles. The summed E-state index contributed by atoms with van der Waals surface area (Å²) >= 11 is 7.49. The van der Waals surface area contributed by atoms with Crippen LogP contribution in [-0.2, 0) is 0 Å². The SMILES string of the molecule is CC(C)c1nnc(NC(=O)c2ccc(-c3ccccc3Cl)o2)s1. The zero-order valence-corrected chi connectivity index (χ0v) is 14.1. The highest BCUT2D eigenvalue weighted by Gasteiger charge is 2.16. The van der Waals surface area contributed by atoms with Gasteiger partial charge in [-0.1, -0.05) is 48.9 Å². The fourth-order valence-corrected chi connectivity index (χ4v) is 2.91. The first-order valence-electron chi connectivity index (χ1n) is 7.04. The van der Waals surface area contributed by atoms with Gasteiger partial charge in [-0.05, 0) is 24.3 Å². The van der Waals surface area contributed by atoms with Crippen LogP contribution in [0.1, 0.15) is 35.3 Å². The summed E-state index contributed by atoms with van der Waals surface area (Å²) in [4.78, 5) is 12.2. The van der Waals surface area contributed by atoms with Crippen LogP contribution in [0, 0.1) is 0 Å². The van der Waals surface area contributed by atoms with Gasteiger partial charge < -0.3 is 4.42 Å². The largest absolute Gasteiger partial charge is 0.451 e. The van der Waals surface area contributed by atoms with Crippen LogP contribution in [-0.4, -0.2) is 16.1 Å². The molecular weight excluding hydrogens is 334 g/mol. The number of amides is 1. The first-order chi connectivity index (χ1) is 11.0. The summed E-state index contributed by atoms with van der Waals surface area (Å²) in [5.74, 6) is 0.644. The third-order valence-corrected chi connectivity index (χ3v) is 4.59. The summed E-state index contributed by atoms with van der Waals surface area (Å²) in [6, 6.07) is 10.6. The molecule has 0 radical (unpaired) electrons. The summed E-state index contributed by atoms with van der Waals surface area (Å²) < 4.78 is 5.60. The number of furan rings is 1. The van der Waals surface area contributed by atoms with Gasteiger partial charge in [-0.2, -0.15) is 0 Å². The molecule has 2 aromatic heterocycles. The van der Waals surface area contributed by atoms with Crippen molar-refractivity contribution in [3.05, 3.63) is 52.2 Å². The van der Waals surface area contributed by atoms with E-state index in [1.54, 1.807) is 18.2 Å². The number of nitrogens with one attached hydrogen (secondary N) is 1. The number of nitrogens with zero attached hydrogens (tertiary/aromatic N) is 2. The lowest BCUT2D eigenvalue weighted by molar-refractivity contribution is 0.0997. The van der Waals surface area contributed by atoms with Crippen LogP contribution in [0.4, 0.5) is 5.13 Å². The van der Waals surface area contributed by atoms with Crippen molar-refractivity contribution < 1.29 is 9.21 Å². The van der Waals surface area contributed by atoms with E-state index in [1.165, 1.54) is 11.3 Å². The summed E-state index contributed by atoms with van der Waals surface area (Å²) in [6.07, 6.45) is 0. The minimum absolute atomic E-state index is 0.196. The van der Waals surface area contributed by atoms with Crippen molar-refractivity contribution in [2.45, 2.75) is 19.8 Å². The van der Waals surface area contributed by atoms with E-state index in [2.05, 4.69) is 15.5 Å². The molecule has 0 saturated heterocycles. The lowest BCUT2D eigenvalue weighted by Crippen LogP contribution is -2.10. The highest BCUT2D eigenvalue weighted by atomic mass is 35.5. The van der Waals surface area contributed by atoms with E-state index in [4.69, 9.17) is 16.0 Å². The Morgan fingerprint density at radius 3 is 2.70 bits per heavy atom. The molecule has 5 nitrogen and oxygen atoms in total. The lowest BCUT2D eigenvalue weighted by atomic mass is 10.2.